The minimum atomic E-state index is -4.28. The monoisotopic (exact) mass is 624 g/mol. The largest absolute Gasteiger partial charge is 0.486 e. The molecule has 2 amide bonds. The van der Waals surface area contributed by atoms with E-state index in [2.05, 4.69) is 15.8 Å². The number of amides is 2. The normalized spacial score (nSPS) is 15.0. The van der Waals surface area contributed by atoms with Crippen molar-refractivity contribution in [3.63, 3.8) is 0 Å². The van der Waals surface area contributed by atoms with E-state index in [1.807, 2.05) is 0 Å². The minimum absolute atomic E-state index is 0.0836. The quantitative estimate of drug-likeness (QED) is 0.245. The first-order valence-electron chi connectivity index (χ1n) is 14.3. The number of carbonyl (C=O) groups is 2. The zero-order valence-corrected chi connectivity index (χ0v) is 24.7. The highest BCUT2D eigenvalue weighted by molar-refractivity contribution is 7.92. The van der Waals surface area contributed by atoms with Gasteiger partial charge in [0.05, 0.1) is 16.8 Å². The first-order chi connectivity index (χ1) is 21.3. The molecule has 0 spiro atoms. The Kier molecular flexibility index (Phi) is 9.95. The Balaban J connectivity index is 1.19. The highest BCUT2D eigenvalue weighted by Gasteiger charge is 2.29. The molecular formula is C31H33FN4O7S. The zero-order valence-electron chi connectivity index (χ0n) is 23.9. The molecule has 232 valence electrons. The first kappa shape index (κ1) is 30.8. The van der Waals surface area contributed by atoms with Gasteiger partial charge < -0.3 is 19.5 Å². The lowest BCUT2D eigenvalue weighted by Gasteiger charge is -2.25. The topological polar surface area (TPSA) is 136 Å². The van der Waals surface area contributed by atoms with Gasteiger partial charge in [-0.2, -0.15) is 5.10 Å². The van der Waals surface area contributed by atoms with E-state index in [4.69, 9.17) is 14.2 Å². The van der Waals surface area contributed by atoms with Gasteiger partial charge in [0.25, 0.3) is 21.8 Å². The standard InChI is InChI=1S/C31H33FN4O7S/c32-23-8-10-25(11-9-23)36(44(39,40)27-14-15-28-29(18-27)42-17-16-41-28)20-30(37)35-33-19-22-6-12-26(13-7-22)43-21-31(38)34-24-4-2-1-3-5-24/h6-15,18-19,24H,1-5,16-17,20-21H2,(H,34,38)(H,35,37)/b33-19-. The van der Waals surface area contributed by atoms with Gasteiger partial charge in [-0.25, -0.2) is 18.2 Å². The summed E-state index contributed by atoms with van der Waals surface area (Å²) in [6.45, 7) is -0.0977. The molecule has 0 saturated heterocycles. The number of rotatable bonds is 11. The van der Waals surface area contributed by atoms with Crippen molar-refractivity contribution in [2.45, 2.75) is 43.0 Å². The number of nitrogens with zero attached hydrogens (tertiary/aromatic N) is 2. The number of fused-ring (bicyclic) bond motifs is 1. The number of carbonyl (C=O) groups excluding carboxylic acids is 2. The SMILES string of the molecule is O=C(CN(c1ccc(F)cc1)S(=O)(=O)c1ccc2c(c1)OCCO2)N/N=C\c1ccc(OCC(=O)NC2CCCCC2)cc1. The number of hydrogen-bond acceptors (Lipinski definition) is 8. The second-order valence-electron chi connectivity index (χ2n) is 10.3. The fraction of sp³-hybridized carbons (Fsp3) is 0.323. The first-order valence-corrected chi connectivity index (χ1v) is 15.7. The maximum Gasteiger partial charge on any atom is 0.264 e. The van der Waals surface area contributed by atoms with E-state index in [1.165, 1.54) is 43.0 Å². The summed E-state index contributed by atoms with van der Waals surface area (Å²) in [6, 6.07) is 15.9. The third kappa shape index (κ3) is 8.04. The van der Waals surface area contributed by atoms with Crippen molar-refractivity contribution in [3.8, 4) is 17.2 Å². The molecule has 3 aromatic carbocycles. The Morgan fingerprint density at radius 1 is 0.932 bits per heavy atom. The minimum Gasteiger partial charge on any atom is -0.486 e. The van der Waals surface area contributed by atoms with Crippen molar-refractivity contribution in [3.05, 3.63) is 78.1 Å². The summed E-state index contributed by atoms with van der Waals surface area (Å²) in [5, 5.41) is 6.94. The van der Waals surface area contributed by atoms with Gasteiger partial charge in [0.15, 0.2) is 18.1 Å². The predicted octanol–water partition coefficient (Wildman–Crippen LogP) is 3.77. The lowest BCUT2D eigenvalue weighted by Crippen LogP contribution is -2.39. The van der Waals surface area contributed by atoms with Crippen LogP contribution in [0.25, 0.3) is 0 Å². The molecule has 0 bridgehead atoms. The maximum atomic E-state index is 13.6. The Morgan fingerprint density at radius 3 is 2.36 bits per heavy atom. The van der Waals surface area contributed by atoms with Crippen LogP contribution in [0, 0.1) is 5.82 Å². The molecule has 1 saturated carbocycles. The highest BCUT2D eigenvalue weighted by atomic mass is 32.2. The fourth-order valence-electron chi connectivity index (χ4n) is 4.89. The Hall–Kier alpha value is -4.65. The summed E-state index contributed by atoms with van der Waals surface area (Å²) in [6.07, 6.45) is 6.84. The lowest BCUT2D eigenvalue weighted by molar-refractivity contribution is -0.124. The van der Waals surface area contributed by atoms with E-state index in [0.717, 1.165) is 42.1 Å². The Bertz CT molecular complexity index is 1590. The van der Waals surface area contributed by atoms with Gasteiger partial charge in [-0.1, -0.05) is 19.3 Å². The second-order valence-corrected chi connectivity index (χ2v) is 12.2. The van der Waals surface area contributed by atoms with Gasteiger partial charge >= 0.3 is 0 Å². The Labute approximate surface area is 255 Å². The van der Waals surface area contributed by atoms with Crippen LogP contribution < -0.4 is 29.3 Å². The van der Waals surface area contributed by atoms with Crippen LogP contribution in [-0.2, 0) is 19.6 Å². The van der Waals surface area contributed by atoms with E-state index < -0.39 is 28.3 Å². The van der Waals surface area contributed by atoms with E-state index >= 15 is 0 Å². The van der Waals surface area contributed by atoms with Crippen LogP contribution in [0.4, 0.5) is 10.1 Å². The van der Waals surface area contributed by atoms with Gasteiger partial charge in [0.2, 0.25) is 0 Å². The van der Waals surface area contributed by atoms with Crippen LogP contribution in [0.3, 0.4) is 0 Å². The summed E-state index contributed by atoms with van der Waals surface area (Å²) >= 11 is 0. The molecule has 0 unspecified atom stereocenters. The number of anilines is 1. The number of hydrazone groups is 1. The van der Waals surface area contributed by atoms with Gasteiger partial charge in [-0.3, -0.25) is 13.9 Å². The molecule has 2 aliphatic rings. The predicted molar refractivity (Wildman–Crippen MR) is 161 cm³/mol. The van der Waals surface area contributed by atoms with E-state index in [-0.39, 0.29) is 41.5 Å². The van der Waals surface area contributed by atoms with Gasteiger partial charge in [-0.15, -0.1) is 0 Å². The van der Waals surface area contributed by atoms with Crippen LogP contribution in [0.2, 0.25) is 0 Å². The maximum absolute atomic E-state index is 13.6. The molecule has 2 N–H and O–H groups in total. The summed E-state index contributed by atoms with van der Waals surface area (Å²) in [5.74, 6) is -0.255. The summed E-state index contributed by atoms with van der Waals surface area (Å²) in [7, 11) is -4.28. The van der Waals surface area contributed by atoms with Crippen molar-refractivity contribution in [1.82, 2.24) is 10.7 Å². The lowest BCUT2D eigenvalue weighted by atomic mass is 9.95. The van der Waals surface area contributed by atoms with Crippen molar-refractivity contribution < 1.29 is 36.6 Å². The van der Waals surface area contributed by atoms with Gasteiger partial charge in [0, 0.05) is 12.1 Å². The van der Waals surface area contributed by atoms with E-state index in [9.17, 15) is 22.4 Å². The number of nitrogens with one attached hydrogen (secondary N) is 2. The molecule has 44 heavy (non-hydrogen) atoms. The zero-order chi connectivity index (χ0) is 30.9. The van der Waals surface area contributed by atoms with Crippen molar-refractivity contribution in [2.75, 3.05) is 30.7 Å². The highest BCUT2D eigenvalue weighted by Crippen LogP contribution is 2.34. The molecule has 0 radical (unpaired) electrons. The average molecular weight is 625 g/mol. The molecule has 0 aromatic heterocycles. The Morgan fingerprint density at radius 2 is 1.64 bits per heavy atom. The van der Waals surface area contributed by atoms with E-state index in [1.54, 1.807) is 24.3 Å². The molecule has 1 heterocycles. The number of sulfonamides is 1. The van der Waals surface area contributed by atoms with Crippen LogP contribution in [-0.4, -0.2) is 58.9 Å². The summed E-state index contributed by atoms with van der Waals surface area (Å²) in [5.41, 5.74) is 3.05. The second kappa shape index (κ2) is 14.2. The third-order valence-corrected chi connectivity index (χ3v) is 8.90. The summed E-state index contributed by atoms with van der Waals surface area (Å²) < 4.78 is 58.3. The molecule has 13 heteroatoms. The molecule has 5 rings (SSSR count). The van der Waals surface area contributed by atoms with Crippen molar-refractivity contribution in [1.29, 1.82) is 0 Å². The van der Waals surface area contributed by atoms with Crippen molar-refractivity contribution in [2.24, 2.45) is 5.10 Å². The van der Waals surface area contributed by atoms with Crippen LogP contribution in [0.5, 0.6) is 17.2 Å². The molecule has 11 nitrogen and oxygen atoms in total. The number of halogens is 1. The molecular weight excluding hydrogens is 591 g/mol. The van der Waals surface area contributed by atoms with Crippen LogP contribution in [0.15, 0.2) is 76.7 Å². The number of hydrogen-bond donors (Lipinski definition) is 2. The summed E-state index contributed by atoms with van der Waals surface area (Å²) in [4.78, 5) is 24.9. The number of benzene rings is 3. The molecule has 1 aliphatic heterocycles. The molecule has 3 aromatic rings. The van der Waals surface area contributed by atoms with Crippen molar-refractivity contribution >= 4 is 33.7 Å². The van der Waals surface area contributed by atoms with Gasteiger partial charge in [-0.05, 0) is 79.1 Å². The van der Waals surface area contributed by atoms with Crippen LogP contribution >= 0.6 is 0 Å². The average Bonchev–Trinajstić information content (AvgIpc) is 3.04. The molecule has 0 atom stereocenters. The molecule has 1 aliphatic carbocycles. The number of ether oxygens (including phenoxy) is 3. The van der Waals surface area contributed by atoms with Crippen LogP contribution in [0.1, 0.15) is 37.7 Å². The smallest absolute Gasteiger partial charge is 0.264 e. The van der Waals surface area contributed by atoms with E-state index in [0.29, 0.717) is 23.7 Å². The third-order valence-electron chi connectivity index (χ3n) is 7.13. The fourth-order valence-corrected chi connectivity index (χ4v) is 6.33. The molecule has 1 fully saturated rings. The van der Waals surface area contributed by atoms with Gasteiger partial charge in [0.1, 0.15) is 31.3 Å².